The Hall–Kier alpha value is -0.793. The van der Waals surface area contributed by atoms with E-state index in [-0.39, 0.29) is 11.0 Å². The molecule has 0 saturated heterocycles. The summed E-state index contributed by atoms with van der Waals surface area (Å²) in [6, 6.07) is 0. The second kappa shape index (κ2) is 10.0. The van der Waals surface area contributed by atoms with E-state index in [1.165, 1.54) is 7.11 Å². The molecule has 0 aromatic heterocycles. The van der Waals surface area contributed by atoms with Gasteiger partial charge in [-0.25, -0.2) is 0 Å². The topological polar surface area (TPSA) is 35.5 Å². The van der Waals surface area contributed by atoms with Crippen molar-refractivity contribution in [3.63, 3.8) is 0 Å². The first-order chi connectivity index (χ1) is 9.70. The van der Waals surface area contributed by atoms with E-state index in [0.29, 0.717) is 13.0 Å². The van der Waals surface area contributed by atoms with Crippen molar-refractivity contribution in [1.29, 1.82) is 0 Å². The molecule has 0 spiro atoms. The normalized spacial score (nSPS) is 11.7. The van der Waals surface area contributed by atoms with Crippen molar-refractivity contribution >= 4 is 14.3 Å². The molecule has 0 bridgehead atoms. The van der Waals surface area contributed by atoms with Crippen LogP contribution in [-0.4, -0.2) is 28.0 Å². The number of unbranched alkanes of at least 4 members (excludes halogenated alkanes) is 4. The molecule has 122 valence electrons. The van der Waals surface area contributed by atoms with Crippen LogP contribution < -0.4 is 0 Å². The van der Waals surface area contributed by atoms with Gasteiger partial charge in [0.05, 0.1) is 13.7 Å². The lowest BCUT2D eigenvalue weighted by Crippen LogP contribution is -2.40. The molecule has 0 fully saturated rings. The summed E-state index contributed by atoms with van der Waals surface area (Å²) in [6.45, 7) is 11.8. The van der Waals surface area contributed by atoms with Gasteiger partial charge in [-0.15, -0.1) is 5.92 Å². The average Bonchev–Trinajstić information content (AvgIpc) is 2.39. The SMILES string of the molecule is COC(=O)CCCCCCC#CCO[Si](C)(C)C(C)(C)C. The smallest absolute Gasteiger partial charge is 0.305 e. The van der Waals surface area contributed by atoms with E-state index in [2.05, 4.69) is 50.4 Å². The van der Waals surface area contributed by atoms with Crippen molar-refractivity contribution in [1.82, 2.24) is 0 Å². The third-order valence-corrected chi connectivity index (χ3v) is 8.58. The van der Waals surface area contributed by atoms with Gasteiger partial charge in [0.25, 0.3) is 0 Å². The van der Waals surface area contributed by atoms with Crippen LogP contribution in [0.5, 0.6) is 0 Å². The molecule has 0 rings (SSSR count). The van der Waals surface area contributed by atoms with Crippen molar-refractivity contribution in [3.05, 3.63) is 0 Å². The van der Waals surface area contributed by atoms with Crippen LogP contribution in [0.1, 0.15) is 59.3 Å². The number of hydrogen-bond acceptors (Lipinski definition) is 3. The maximum atomic E-state index is 10.9. The molecule has 0 aliphatic carbocycles. The molecule has 3 nitrogen and oxygen atoms in total. The van der Waals surface area contributed by atoms with Gasteiger partial charge in [-0.05, 0) is 31.0 Å². The molecule has 0 amide bonds. The molecule has 0 unspecified atom stereocenters. The van der Waals surface area contributed by atoms with Gasteiger partial charge in [0.15, 0.2) is 8.32 Å². The highest BCUT2D eigenvalue weighted by Crippen LogP contribution is 2.36. The van der Waals surface area contributed by atoms with Crippen LogP contribution in [0, 0.1) is 11.8 Å². The second-order valence-corrected chi connectivity index (χ2v) is 11.7. The zero-order chi connectivity index (χ0) is 16.4. The van der Waals surface area contributed by atoms with E-state index in [4.69, 9.17) is 4.43 Å². The highest BCUT2D eigenvalue weighted by molar-refractivity contribution is 6.74. The Morgan fingerprint density at radius 3 is 2.24 bits per heavy atom. The average molecular weight is 313 g/mol. The maximum Gasteiger partial charge on any atom is 0.305 e. The van der Waals surface area contributed by atoms with E-state index < -0.39 is 8.32 Å². The minimum atomic E-state index is -1.65. The molecule has 0 aliphatic rings. The van der Waals surface area contributed by atoms with Crippen LogP contribution in [0.25, 0.3) is 0 Å². The Kier molecular flexibility index (Phi) is 9.64. The van der Waals surface area contributed by atoms with E-state index in [1.54, 1.807) is 0 Å². The number of esters is 1. The van der Waals surface area contributed by atoms with E-state index >= 15 is 0 Å². The molecule has 0 saturated carbocycles. The number of carbonyl (C=O) groups is 1. The van der Waals surface area contributed by atoms with E-state index in [0.717, 1.165) is 32.1 Å². The summed E-state index contributed by atoms with van der Waals surface area (Å²) in [7, 11) is -0.217. The molecule has 0 N–H and O–H groups in total. The predicted octanol–water partition coefficient (Wildman–Crippen LogP) is 4.53. The van der Waals surface area contributed by atoms with Crippen LogP contribution in [0.4, 0.5) is 0 Å². The minimum absolute atomic E-state index is 0.113. The second-order valence-electron chi connectivity index (χ2n) is 6.89. The maximum absolute atomic E-state index is 10.9. The summed E-state index contributed by atoms with van der Waals surface area (Å²) in [6.07, 6.45) is 5.64. The van der Waals surface area contributed by atoms with Gasteiger partial charge in [0.1, 0.15) is 0 Å². The van der Waals surface area contributed by atoms with E-state index in [1.807, 2.05) is 0 Å². The molecule has 21 heavy (non-hydrogen) atoms. The third kappa shape index (κ3) is 9.70. The number of ether oxygens (including phenoxy) is 1. The monoisotopic (exact) mass is 312 g/mol. The number of carbonyl (C=O) groups excluding carboxylic acids is 1. The molecule has 0 aromatic rings. The zero-order valence-corrected chi connectivity index (χ0v) is 15.7. The third-order valence-electron chi connectivity index (χ3n) is 4.10. The van der Waals surface area contributed by atoms with Gasteiger partial charge in [-0.1, -0.05) is 39.5 Å². The van der Waals surface area contributed by atoms with Crippen LogP contribution in [0.15, 0.2) is 0 Å². The number of hydrogen-bond donors (Lipinski definition) is 0. The molecule has 0 heterocycles. The lowest BCUT2D eigenvalue weighted by atomic mass is 10.1. The molecule has 0 radical (unpaired) electrons. The Balaban J connectivity index is 3.62. The summed E-state index contributed by atoms with van der Waals surface area (Å²) in [5.41, 5.74) is 0. The minimum Gasteiger partial charge on any atom is -0.469 e. The van der Waals surface area contributed by atoms with Crippen LogP contribution in [-0.2, 0) is 14.0 Å². The van der Waals surface area contributed by atoms with Crippen LogP contribution in [0.2, 0.25) is 18.1 Å². The van der Waals surface area contributed by atoms with Crippen molar-refractivity contribution in [2.75, 3.05) is 13.7 Å². The molecular weight excluding hydrogens is 280 g/mol. The van der Waals surface area contributed by atoms with Crippen molar-refractivity contribution in [2.45, 2.75) is 77.4 Å². The predicted molar refractivity (Wildman–Crippen MR) is 90.6 cm³/mol. The van der Waals surface area contributed by atoms with Crippen LogP contribution >= 0.6 is 0 Å². The van der Waals surface area contributed by atoms with Crippen molar-refractivity contribution in [2.24, 2.45) is 0 Å². The first-order valence-corrected chi connectivity index (χ1v) is 10.8. The summed E-state index contributed by atoms with van der Waals surface area (Å²) in [5, 5.41) is 0.244. The molecule has 0 aliphatic heterocycles. The number of rotatable bonds is 8. The highest BCUT2D eigenvalue weighted by atomic mass is 28.4. The summed E-state index contributed by atoms with van der Waals surface area (Å²) >= 11 is 0. The Bertz CT molecular complexity index is 358. The zero-order valence-electron chi connectivity index (χ0n) is 14.7. The molecule has 4 heteroatoms. The van der Waals surface area contributed by atoms with Gasteiger partial charge in [-0.3, -0.25) is 4.79 Å². The first kappa shape index (κ1) is 20.2. The molecule has 0 atom stereocenters. The lowest BCUT2D eigenvalue weighted by molar-refractivity contribution is -0.140. The van der Waals surface area contributed by atoms with Crippen molar-refractivity contribution in [3.8, 4) is 11.8 Å². The molecule has 0 aromatic carbocycles. The van der Waals surface area contributed by atoms with Gasteiger partial charge in [0, 0.05) is 12.8 Å². The fourth-order valence-corrected chi connectivity index (χ4v) is 2.38. The Labute approximate surface area is 131 Å². The van der Waals surface area contributed by atoms with Gasteiger partial charge in [-0.2, -0.15) is 0 Å². The summed E-state index contributed by atoms with van der Waals surface area (Å²) in [4.78, 5) is 10.9. The largest absolute Gasteiger partial charge is 0.469 e. The quantitative estimate of drug-likeness (QED) is 0.286. The summed E-state index contributed by atoms with van der Waals surface area (Å²) < 4.78 is 10.6. The van der Waals surface area contributed by atoms with Crippen LogP contribution in [0.3, 0.4) is 0 Å². The lowest BCUT2D eigenvalue weighted by Gasteiger charge is -2.35. The standard InChI is InChI=1S/C17H32O3Si/c1-17(2,3)21(5,6)20-15-13-11-9-7-8-10-12-14-16(18)19-4/h7-10,12,14-15H2,1-6H3. The fraction of sp³-hybridized carbons (Fsp3) is 0.824. The van der Waals surface area contributed by atoms with Gasteiger partial charge >= 0.3 is 5.97 Å². The highest BCUT2D eigenvalue weighted by Gasteiger charge is 2.36. The fourth-order valence-electron chi connectivity index (χ4n) is 1.51. The van der Waals surface area contributed by atoms with Gasteiger partial charge in [0.2, 0.25) is 0 Å². The Morgan fingerprint density at radius 2 is 1.67 bits per heavy atom. The number of methoxy groups -OCH3 is 1. The van der Waals surface area contributed by atoms with Crippen molar-refractivity contribution < 1.29 is 14.0 Å². The Morgan fingerprint density at radius 1 is 1.05 bits per heavy atom. The van der Waals surface area contributed by atoms with E-state index in [9.17, 15) is 4.79 Å². The molecular formula is C17H32O3Si. The summed E-state index contributed by atoms with van der Waals surface area (Å²) in [5.74, 6) is 6.18. The van der Waals surface area contributed by atoms with Gasteiger partial charge < -0.3 is 9.16 Å². The first-order valence-electron chi connectivity index (χ1n) is 7.87.